The van der Waals surface area contributed by atoms with E-state index < -0.39 is 18.1 Å². The van der Waals surface area contributed by atoms with Gasteiger partial charge in [0.15, 0.2) is 0 Å². The second kappa shape index (κ2) is 9.46. The number of halogens is 4. The molecule has 1 spiro atoms. The van der Waals surface area contributed by atoms with Crippen LogP contribution in [0.4, 0.5) is 23.2 Å². The van der Waals surface area contributed by atoms with Crippen LogP contribution in [-0.2, 0) is 9.59 Å². The first-order chi connectivity index (χ1) is 15.9. The van der Waals surface area contributed by atoms with Gasteiger partial charge in [0.2, 0.25) is 11.9 Å². The molecule has 8 nitrogen and oxygen atoms in total. The van der Waals surface area contributed by atoms with Gasteiger partial charge >= 0.3 is 12.1 Å². The number of aliphatic carboxylic acids is 1. The van der Waals surface area contributed by atoms with Gasteiger partial charge in [-0.05, 0) is 36.8 Å². The molecular weight excluding hydrogens is 460 g/mol. The monoisotopic (exact) mass is 478 g/mol. The maximum absolute atomic E-state index is 13.3. The van der Waals surface area contributed by atoms with E-state index >= 15 is 0 Å². The van der Waals surface area contributed by atoms with Crippen molar-refractivity contribution in [1.29, 1.82) is 5.26 Å². The van der Waals surface area contributed by atoms with Crippen molar-refractivity contribution in [2.24, 2.45) is 5.41 Å². The summed E-state index contributed by atoms with van der Waals surface area (Å²) in [6, 6.07) is 11.6. The fourth-order valence-electron chi connectivity index (χ4n) is 3.95. The molecule has 2 aliphatic heterocycles. The molecule has 2 aromatic rings. The number of alkyl halides is 3. The first-order valence-electron chi connectivity index (χ1n) is 9.96. The molecule has 34 heavy (non-hydrogen) atoms. The Bertz CT molecular complexity index is 1150. The molecule has 1 aromatic carbocycles. The van der Waals surface area contributed by atoms with Gasteiger partial charge in [0, 0.05) is 55.0 Å². The smallest absolute Gasteiger partial charge is 0.475 e. The maximum atomic E-state index is 13.3. The third-order valence-electron chi connectivity index (χ3n) is 5.57. The minimum Gasteiger partial charge on any atom is -0.475 e. The summed E-state index contributed by atoms with van der Waals surface area (Å²) in [5.74, 6) is -3.66. The van der Waals surface area contributed by atoms with E-state index in [-0.39, 0.29) is 22.8 Å². The Morgan fingerprint density at radius 3 is 2.35 bits per heavy atom. The summed E-state index contributed by atoms with van der Waals surface area (Å²) in [4.78, 5) is 41.0. The zero-order valence-electron chi connectivity index (χ0n) is 17.5. The standard InChI is InChI=1S/C20H17FN4O2.C2HF3O2/c21-17-9-15(5-7-23-17)19(27)24-8-6-20(12-24)10-18(26)25(13-20)16-3-1-14(11-22)2-4-16;3-2(4,5)1(6)7/h1-5,7,9H,6,8,10,12-13H2;(H,6,7). The SMILES string of the molecule is N#Cc1ccc(N2CC3(CCN(C(=O)c4ccnc(F)c4)C3)CC2=O)cc1.O=C(O)C(F)(F)F. The third-order valence-corrected chi connectivity index (χ3v) is 5.57. The number of aromatic nitrogens is 1. The van der Waals surface area contributed by atoms with Crippen molar-refractivity contribution in [3.8, 4) is 6.07 Å². The van der Waals surface area contributed by atoms with Crippen LogP contribution < -0.4 is 4.90 Å². The van der Waals surface area contributed by atoms with E-state index in [0.29, 0.717) is 31.6 Å². The lowest BCUT2D eigenvalue weighted by molar-refractivity contribution is -0.192. The minimum atomic E-state index is -5.08. The number of likely N-dealkylation sites (tertiary alicyclic amines) is 1. The Morgan fingerprint density at radius 2 is 1.79 bits per heavy atom. The van der Waals surface area contributed by atoms with E-state index in [2.05, 4.69) is 11.1 Å². The first-order valence-corrected chi connectivity index (χ1v) is 9.96. The number of benzene rings is 1. The molecule has 2 fully saturated rings. The van der Waals surface area contributed by atoms with Gasteiger partial charge < -0.3 is 14.9 Å². The highest BCUT2D eigenvalue weighted by Crippen LogP contribution is 2.42. The Morgan fingerprint density at radius 1 is 1.15 bits per heavy atom. The fourth-order valence-corrected chi connectivity index (χ4v) is 3.95. The number of pyridine rings is 1. The quantitative estimate of drug-likeness (QED) is 0.524. The molecule has 1 aromatic heterocycles. The largest absolute Gasteiger partial charge is 0.490 e. The van der Waals surface area contributed by atoms with Gasteiger partial charge in [0.05, 0.1) is 11.6 Å². The topological polar surface area (TPSA) is 115 Å². The van der Waals surface area contributed by atoms with E-state index in [1.165, 1.54) is 12.3 Å². The van der Waals surface area contributed by atoms with Crippen LogP contribution in [0.5, 0.6) is 0 Å². The van der Waals surface area contributed by atoms with Gasteiger partial charge in [-0.25, -0.2) is 9.78 Å². The van der Waals surface area contributed by atoms with Crippen molar-refractivity contribution in [2.75, 3.05) is 24.5 Å². The summed E-state index contributed by atoms with van der Waals surface area (Å²) in [7, 11) is 0. The third kappa shape index (κ3) is 5.48. The molecule has 0 saturated carbocycles. The number of carbonyl (C=O) groups is 3. The van der Waals surface area contributed by atoms with E-state index in [0.717, 1.165) is 18.2 Å². The molecule has 2 aliphatic rings. The molecule has 1 unspecified atom stereocenters. The van der Waals surface area contributed by atoms with Crippen LogP contribution in [-0.4, -0.2) is 58.6 Å². The summed E-state index contributed by atoms with van der Waals surface area (Å²) in [6.45, 7) is 1.54. The highest BCUT2D eigenvalue weighted by molar-refractivity contribution is 5.97. The van der Waals surface area contributed by atoms with Gasteiger partial charge in [0.25, 0.3) is 5.91 Å². The van der Waals surface area contributed by atoms with Crippen molar-refractivity contribution in [2.45, 2.75) is 19.0 Å². The number of amides is 2. The molecule has 12 heteroatoms. The lowest BCUT2D eigenvalue weighted by atomic mass is 9.86. The first kappa shape index (κ1) is 24.6. The summed E-state index contributed by atoms with van der Waals surface area (Å²) in [5.41, 5.74) is 1.29. The van der Waals surface area contributed by atoms with E-state index in [9.17, 15) is 27.2 Å². The number of nitrogens with zero attached hydrogens (tertiary/aromatic N) is 4. The lowest BCUT2D eigenvalue weighted by Gasteiger charge is -2.24. The average molecular weight is 478 g/mol. The van der Waals surface area contributed by atoms with Gasteiger partial charge in [-0.15, -0.1) is 0 Å². The predicted molar refractivity (Wildman–Crippen MR) is 109 cm³/mol. The van der Waals surface area contributed by atoms with Crippen LogP contribution in [0.15, 0.2) is 42.6 Å². The van der Waals surface area contributed by atoms with Gasteiger partial charge in [-0.1, -0.05) is 0 Å². The zero-order valence-corrected chi connectivity index (χ0v) is 17.5. The normalized spacial score (nSPS) is 19.6. The molecule has 0 bridgehead atoms. The number of carbonyl (C=O) groups excluding carboxylic acids is 2. The Hall–Kier alpha value is -4.01. The Labute approximate surface area is 191 Å². The molecule has 0 aliphatic carbocycles. The number of hydrogen-bond donors (Lipinski definition) is 1. The summed E-state index contributed by atoms with van der Waals surface area (Å²) < 4.78 is 45.0. The molecule has 178 valence electrons. The van der Waals surface area contributed by atoms with E-state index in [1.54, 1.807) is 34.1 Å². The Kier molecular flexibility index (Phi) is 6.85. The van der Waals surface area contributed by atoms with Crippen molar-refractivity contribution in [1.82, 2.24) is 9.88 Å². The second-order valence-corrected chi connectivity index (χ2v) is 7.96. The van der Waals surface area contributed by atoms with E-state index in [1.807, 2.05) is 0 Å². The summed E-state index contributed by atoms with van der Waals surface area (Å²) >= 11 is 0. The van der Waals surface area contributed by atoms with E-state index in [4.69, 9.17) is 15.2 Å². The van der Waals surface area contributed by atoms with Crippen LogP contribution in [0.1, 0.15) is 28.8 Å². The number of carboxylic acids is 1. The highest BCUT2D eigenvalue weighted by Gasteiger charge is 2.48. The summed E-state index contributed by atoms with van der Waals surface area (Å²) in [5, 5.41) is 16.0. The summed E-state index contributed by atoms with van der Waals surface area (Å²) in [6.07, 6.45) is -2.70. The molecule has 2 saturated heterocycles. The molecule has 3 heterocycles. The van der Waals surface area contributed by atoms with Gasteiger partial charge in [0.1, 0.15) is 0 Å². The minimum absolute atomic E-state index is 0.0176. The van der Waals surface area contributed by atoms with Crippen molar-refractivity contribution in [3.63, 3.8) is 0 Å². The van der Waals surface area contributed by atoms with Crippen LogP contribution in [0.2, 0.25) is 0 Å². The zero-order chi connectivity index (χ0) is 25.1. The van der Waals surface area contributed by atoms with Crippen LogP contribution in [0, 0.1) is 22.7 Å². The number of nitriles is 1. The number of anilines is 1. The number of hydrogen-bond acceptors (Lipinski definition) is 5. The Balaban J connectivity index is 0.000000406. The van der Waals surface area contributed by atoms with Crippen LogP contribution in [0.3, 0.4) is 0 Å². The van der Waals surface area contributed by atoms with Gasteiger partial charge in [-0.2, -0.15) is 22.8 Å². The number of rotatable bonds is 2. The highest BCUT2D eigenvalue weighted by atomic mass is 19.4. The van der Waals surface area contributed by atoms with Crippen molar-refractivity contribution >= 4 is 23.5 Å². The maximum Gasteiger partial charge on any atom is 0.490 e. The van der Waals surface area contributed by atoms with Crippen molar-refractivity contribution < 1.29 is 37.1 Å². The second-order valence-electron chi connectivity index (χ2n) is 7.96. The molecule has 1 atom stereocenters. The van der Waals surface area contributed by atoms with Crippen molar-refractivity contribution in [3.05, 3.63) is 59.7 Å². The molecule has 4 rings (SSSR count). The number of carboxylic acid groups (broad SMARTS) is 1. The molecule has 0 radical (unpaired) electrons. The average Bonchev–Trinajstić information content (AvgIpc) is 3.35. The molecule has 2 amide bonds. The molecule has 1 N–H and O–H groups in total. The fraction of sp³-hybridized carbons (Fsp3) is 0.318. The predicted octanol–water partition coefficient (Wildman–Crippen LogP) is 2.99. The van der Waals surface area contributed by atoms with Crippen LogP contribution >= 0.6 is 0 Å². The molecular formula is C22H18F4N4O4. The van der Waals surface area contributed by atoms with Gasteiger partial charge in [-0.3, -0.25) is 9.59 Å². The van der Waals surface area contributed by atoms with Crippen LogP contribution in [0.25, 0.3) is 0 Å². The lowest BCUT2D eigenvalue weighted by Crippen LogP contribution is -2.34.